The topological polar surface area (TPSA) is 75.7 Å². The first-order chi connectivity index (χ1) is 15.5. The zero-order valence-electron chi connectivity index (χ0n) is 19.6. The summed E-state index contributed by atoms with van der Waals surface area (Å²) in [5, 5.41) is 2.15. The molecule has 2 aromatic carbocycles. The van der Waals surface area contributed by atoms with E-state index in [2.05, 4.69) is 29.6 Å². The van der Waals surface area contributed by atoms with Gasteiger partial charge in [-0.15, -0.1) is 0 Å². The number of ether oxygens (including phenoxy) is 1. The number of rotatable bonds is 5. The molecule has 6 nitrogen and oxygen atoms in total. The van der Waals surface area contributed by atoms with E-state index >= 15 is 0 Å². The Bertz CT molecular complexity index is 1140. The molecule has 0 bridgehead atoms. The van der Waals surface area contributed by atoms with Crippen molar-refractivity contribution in [2.75, 3.05) is 19.6 Å². The normalized spacial score (nSPS) is 19.5. The second kappa shape index (κ2) is 9.31. The van der Waals surface area contributed by atoms with E-state index < -0.39 is 27.0 Å². The van der Waals surface area contributed by atoms with Crippen molar-refractivity contribution < 1.29 is 17.9 Å². The van der Waals surface area contributed by atoms with E-state index in [1.54, 1.807) is 23.0 Å². The lowest BCUT2D eigenvalue weighted by Gasteiger charge is -2.24. The predicted octanol–water partition coefficient (Wildman–Crippen LogP) is 4.98. The number of sulfonamides is 1. The van der Waals surface area contributed by atoms with Gasteiger partial charge in [-0.3, -0.25) is 0 Å². The maximum Gasteiger partial charge on any atom is 0.407 e. The average molecular weight is 489 g/mol. The zero-order chi connectivity index (χ0) is 23.8. The lowest BCUT2D eigenvalue weighted by atomic mass is 10.0. The van der Waals surface area contributed by atoms with Crippen LogP contribution in [0.15, 0.2) is 52.3 Å². The molecule has 0 aromatic heterocycles. The highest BCUT2D eigenvalue weighted by molar-refractivity contribution is 7.99. The van der Waals surface area contributed by atoms with Gasteiger partial charge in [0.15, 0.2) is 0 Å². The molecule has 2 atom stereocenters. The molecule has 2 aromatic rings. The van der Waals surface area contributed by atoms with Crippen LogP contribution in [0.1, 0.15) is 56.1 Å². The maximum absolute atomic E-state index is 13.4. The van der Waals surface area contributed by atoms with Crippen LogP contribution in [0, 0.1) is 5.92 Å². The Morgan fingerprint density at radius 2 is 1.91 bits per heavy atom. The van der Waals surface area contributed by atoms with Crippen LogP contribution in [0.2, 0.25) is 0 Å². The van der Waals surface area contributed by atoms with E-state index in [0.717, 1.165) is 18.4 Å². The first-order valence-electron chi connectivity index (χ1n) is 11.4. The lowest BCUT2D eigenvalue weighted by Crippen LogP contribution is -2.37. The molecule has 2 aliphatic rings. The van der Waals surface area contributed by atoms with Gasteiger partial charge < -0.3 is 10.1 Å². The maximum atomic E-state index is 13.4. The van der Waals surface area contributed by atoms with Crippen LogP contribution in [0.5, 0.6) is 0 Å². The summed E-state index contributed by atoms with van der Waals surface area (Å²) in [5.41, 5.74) is 2.73. The summed E-state index contributed by atoms with van der Waals surface area (Å²) in [5.74, 6) is 0.0796. The Kier molecular flexibility index (Phi) is 6.80. The van der Waals surface area contributed by atoms with Crippen molar-refractivity contribution in [3.05, 3.63) is 59.2 Å². The quantitative estimate of drug-likeness (QED) is 0.548. The third kappa shape index (κ3) is 5.55. The van der Waals surface area contributed by atoms with Gasteiger partial charge in [-0.1, -0.05) is 42.1 Å². The first-order valence-corrected chi connectivity index (χ1v) is 13.7. The van der Waals surface area contributed by atoms with E-state index in [1.807, 2.05) is 39.0 Å². The third-order valence-electron chi connectivity index (χ3n) is 6.12. The van der Waals surface area contributed by atoms with Gasteiger partial charge in [-0.25, -0.2) is 17.5 Å². The van der Waals surface area contributed by atoms with Crippen LogP contribution in [0.25, 0.3) is 0 Å². The SMILES string of the molecule is CC(c1ccc2c(c1)Cc1ccccc1S2)S(=O)(=O)N1CC[C@H](CNC(=O)OC(C)(C)C)C1. The molecule has 4 rings (SSSR count). The van der Waals surface area contributed by atoms with Gasteiger partial charge in [-0.2, -0.15) is 0 Å². The Morgan fingerprint density at radius 1 is 1.18 bits per heavy atom. The van der Waals surface area contributed by atoms with Crippen molar-refractivity contribution in [1.82, 2.24) is 9.62 Å². The second-order valence-electron chi connectivity index (χ2n) is 9.84. The van der Waals surface area contributed by atoms with E-state index in [0.29, 0.717) is 19.6 Å². The van der Waals surface area contributed by atoms with Crippen LogP contribution < -0.4 is 5.32 Å². The molecule has 0 aliphatic carbocycles. The number of hydrogen-bond acceptors (Lipinski definition) is 5. The number of carbonyl (C=O) groups excluding carboxylic acids is 1. The molecule has 178 valence electrons. The summed E-state index contributed by atoms with van der Waals surface area (Å²) in [7, 11) is -3.50. The predicted molar refractivity (Wildman–Crippen MR) is 131 cm³/mol. The number of alkyl carbamates (subject to hydrolysis) is 1. The number of carbonyl (C=O) groups is 1. The van der Waals surface area contributed by atoms with Crippen LogP contribution in [0.4, 0.5) is 4.79 Å². The van der Waals surface area contributed by atoms with Crippen molar-refractivity contribution in [2.24, 2.45) is 5.92 Å². The summed E-state index contributed by atoms with van der Waals surface area (Å²) in [6, 6.07) is 14.4. The molecule has 0 spiro atoms. The third-order valence-corrected chi connectivity index (χ3v) is 9.57. The minimum atomic E-state index is -3.50. The van der Waals surface area contributed by atoms with Crippen molar-refractivity contribution in [3.8, 4) is 0 Å². The fourth-order valence-corrected chi connectivity index (χ4v) is 7.06. The van der Waals surface area contributed by atoms with Gasteiger partial charge in [-0.05, 0) is 75.3 Å². The van der Waals surface area contributed by atoms with Gasteiger partial charge in [0.25, 0.3) is 0 Å². The fraction of sp³-hybridized carbons (Fsp3) is 0.480. The lowest BCUT2D eigenvalue weighted by molar-refractivity contribution is 0.0520. The molecule has 0 saturated carbocycles. The summed E-state index contributed by atoms with van der Waals surface area (Å²) in [4.78, 5) is 14.4. The highest BCUT2D eigenvalue weighted by Gasteiger charge is 2.36. The minimum Gasteiger partial charge on any atom is -0.444 e. The standard InChI is InChI=1S/C25H32N2O4S2/c1-17(19-9-10-23-21(13-19)14-20-7-5-6-8-22(20)32-23)33(29,30)27-12-11-18(16-27)15-26-24(28)31-25(2,3)4/h5-10,13,17-18H,11-12,14-16H2,1-4H3,(H,26,28)/t17?,18-/m1/s1. The van der Waals surface area contributed by atoms with E-state index in [4.69, 9.17) is 4.74 Å². The molecule has 1 saturated heterocycles. The Labute approximate surface area is 201 Å². The summed E-state index contributed by atoms with van der Waals surface area (Å²) < 4.78 is 33.6. The smallest absolute Gasteiger partial charge is 0.407 e. The van der Waals surface area contributed by atoms with Crippen LogP contribution in [-0.4, -0.2) is 44.1 Å². The van der Waals surface area contributed by atoms with Crippen molar-refractivity contribution in [1.29, 1.82) is 0 Å². The molecule has 1 amide bonds. The highest BCUT2D eigenvalue weighted by atomic mass is 32.2. The van der Waals surface area contributed by atoms with Crippen molar-refractivity contribution >= 4 is 27.9 Å². The van der Waals surface area contributed by atoms with Crippen molar-refractivity contribution in [2.45, 2.75) is 61.2 Å². The molecule has 2 heterocycles. The number of amides is 1. The Balaban J connectivity index is 1.40. The molecule has 1 N–H and O–H groups in total. The van der Waals surface area contributed by atoms with Crippen LogP contribution >= 0.6 is 11.8 Å². The highest BCUT2D eigenvalue weighted by Crippen LogP contribution is 2.41. The summed E-state index contributed by atoms with van der Waals surface area (Å²) >= 11 is 1.74. The molecule has 1 fully saturated rings. The van der Waals surface area contributed by atoms with E-state index in [9.17, 15) is 13.2 Å². The Hall–Kier alpha value is -2.03. The number of benzene rings is 2. The van der Waals surface area contributed by atoms with Crippen LogP contribution in [-0.2, 0) is 21.2 Å². The summed E-state index contributed by atoms with van der Waals surface area (Å²) in [6.45, 7) is 8.51. The van der Waals surface area contributed by atoms with Gasteiger partial charge >= 0.3 is 6.09 Å². The minimum absolute atomic E-state index is 0.0796. The number of hydrogen-bond donors (Lipinski definition) is 1. The zero-order valence-corrected chi connectivity index (χ0v) is 21.3. The van der Waals surface area contributed by atoms with Gasteiger partial charge in [0.2, 0.25) is 10.0 Å². The Morgan fingerprint density at radius 3 is 2.67 bits per heavy atom. The second-order valence-corrected chi connectivity index (χ2v) is 13.2. The number of fused-ring (bicyclic) bond motifs is 2. The molecular weight excluding hydrogens is 456 g/mol. The van der Waals surface area contributed by atoms with Gasteiger partial charge in [0, 0.05) is 29.4 Å². The molecule has 2 aliphatic heterocycles. The molecule has 33 heavy (non-hydrogen) atoms. The molecule has 0 radical (unpaired) electrons. The fourth-order valence-electron chi connectivity index (χ4n) is 4.30. The number of nitrogens with zero attached hydrogens (tertiary/aromatic N) is 1. The van der Waals surface area contributed by atoms with E-state index in [1.165, 1.54) is 20.9 Å². The monoisotopic (exact) mass is 488 g/mol. The van der Waals surface area contributed by atoms with Crippen molar-refractivity contribution in [3.63, 3.8) is 0 Å². The summed E-state index contributed by atoms with van der Waals surface area (Å²) in [6.07, 6.45) is 1.08. The average Bonchev–Trinajstić information content (AvgIpc) is 3.24. The van der Waals surface area contributed by atoms with Gasteiger partial charge in [0.1, 0.15) is 5.60 Å². The molecule has 8 heteroatoms. The van der Waals surface area contributed by atoms with Gasteiger partial charge in [0.05, 0.1) is 5.25 Å². The first kappa shape index (κ1) is 24.1. The number of nitrogens with one attached hydrogen (secondary N) is 1. The molecular formula is C25H32N2O4S2. The van der Waals surface area contributed by atoms with E-state index in [-0.39, 0.29) is 5.92 Å². The largest absolute Gasteiger partial charge is 0.444 e. The van der Waals surface area contributed by atoms with Crippen LogP contribution in [0.3, 0.4) is 0 Å². The molecule has 1 unspecified atom stereocenters.